The van der Waals surface area contributed by atoms with Gasteiger partial charge in [-0.15, -0.1) is 0 Å². The van der Waals surface area contributed by atoms with Gasteiger partial charge in [-0.3, -0.25) is 14.1 Å². The number of allylic oxidation sites excluding steroid dienone is 6. The molecular weight excluding hydrogens is 687 g/mol. The Hall–Kier alpha value is -1.73. The second-order valence-corrected chi connectivity index (χ2v) is 15.9. The fourth-order valence-electron chi connectivity index (χ4n) is 6.21. The van der Waals surface area contributed by atoms with Gasteiger partial charge in [-0.2, -0.15) is 0 Å². The zero-order chi connectivity index (χ0) is 38.9. The molecule has 0 aliphatic rings. The van der Waals surface area contributed by atoms with E-state index in [2.05, 4.69) is 54.8 Å². The van der Waals surface area contributed by atoms with Crippen molar-refractivity contribution in [2.75, 3.05) is 13.2 Å². The molecule has 0 amide bonds. The molecule has 0 spiro atoms. The highest BCUT2D eigenvalue weighted by atomic mass is 31.2. The van der Waals surface area contributed by atoms with Crippen LogP contribution >= 0.6 is 7.82 Å². The maximum atomic E-state index is 12.4. The number of phosphoric ester groups is 1. The molecule has 9 heteroatoms. The van der Waals surface area contributed by atoms with Crippen LogP contribution in [0.3, 0.4) is 0 Å². The maximum absolute atomic E-state index is 12.4. The van der Waals surface area contributed by atoms with E-state index in [1.54, 1.807) is 0 Å². The van der Waals surface area contributed by atoms with Gasteiger partial charge in [0.25, 0.3) is 0 Å². The lowest BCUT2D eigenvalue weighted by molar-refractivity contribution is -0.161. The Morgan fingerprint density at radius 1 is 0.509 bits per heavy atom. The van der Waals surface area contributed by atoms with Crippen LogP contribution in [-0.2, 0) is 28.2 Å². The summed E-state index contributed by atoms with van der Waals surface area (Å²) in [6.07, 6.45) is 47.3. The Morgan fingerprint density at radius 3 is 1.36 bits per heavy atom. The molecule has 0 aromatic heterocycles. The Labute approximate surface area is 325 Å². The quantitative estimate of drug-likeness (QED) is 0.0274. The van der Waals surface area contributed by atoms with Gasteiger partial charge in [-0.25, -0.2) is 4.57 Å². The Kier molecular flexibility index (Phi) is 38.6. The summed E-state index contributed by atoms with van der Waals surface area (Å²) in [5.74, 6) is -0.897. The minimum absolute atomic E-state index is 0.194. The van der Waals surface area contributed by atoms with Crippen LogP contribution in [0.5, 0.6) is 0 Å². The second-order valence-electron chi connectivity index (χ2n) is 14.6. The molecule has 310 valence electrons. The molecule has 8 nitrogen and oxygen atoms in total. The topological polar surface area (TPSA) is 119 Å². The molecule has 0 aliphatic heterocycles. The first-order valence-electron chi connectivity index (χ1n) is 21.8. The molecule has 0 aromatic carbocycles. The molecule has 53 heavy (non-hydrogen) atoms. The zero-order valence-electron chi connectivity index (χ0n) is 34.2. The van der Waals surface area contributed by atoms with Crippen LogP contribution in [-0.4, -0.2) is 41.0 Å². The fourth-order valence-corrected chi connectivity index (χ4v) is 6.57. The molecule has 0 saturated heterocycles. The summed E-state index contributed by atoms with van der Waals surface area (Å²) in [5.41, 5.74) is 0. The molecule has 0 rings (SSSR count). The van der Waals surface area contributed by atoms with Crippen molar-refractivity contribution in [1.29, 1.82) is 0 Å². The number of carbonyl (C=O) groups excluding carboxylic acids is 2. The first-order valence-corrected chi connectivity index (χ1v) is 23.3. The number of hydrogen-bond donors (Lipinski definition) is 2. The average molecular weight is 769 g/mol. The van der Waals surface area contributed by atoms with E-state index in [0.29, 0.717) is 6.42 Å². The number of phosphoric acid groups is 1. The summed E-state index contributed by atoms with van der Waals surface area (Å²) in [7, 11) is -4.76. The number of unbranched alkanes of at least 4 members (excludes halogenated alkanes) is 24. The molecule has 0 radical (unpaired) electrons. The van der Waals surface area contributed by atoms with Gasteiger partial charge in [0.15, 0.2) is 6.10 Å². The smallest absolute Gasteiger partial charge is 0.462 e. The molecule has 0 bridgehead atoms. The molecule has 1 unspecified atom stereocenters. The standard InChI is InChI=1S/C44H81O8P/c1-3-5-7-9-11-13-15-17-19-20-21-22-23-25-26-28-30-32-34-36-38-43(45)50-40-42(41-51-53(47,48)49)52-44(46)39-37-35-33-31-29-27-24-18-16-14-12-10-8-6-4-2/h6,8,12,14,18,24,42H,3-5,7,9-11,13,15-17,19-23,25-41H2,1-2H3,(H2,47,48,49)/b8-6-,14-12-,24-18-. The highest BCUT2D eigenvalue weighted by molar-refractivity contribution is 7.46. The lowest BCUT2D eigenvalue weighted by atomic mass is 10.0. The number of ether oxygens (including phenoxy) is 2. The monoisotopic (exact) mass is 769 g/mol. The first kappa shape index (κ1) is 51.3. The highest BCUT2D eigenvalue weighted by Gasteiger charge is 2.22. The van der Waals surface area contributed by atoms with Gasteiger partial charge in [-0.05, 0) is 44.9 Å². The van der Waals surface area contributed by atoms with Gasteiger partial charge < -0.3 is 19.3 Å². The van der Waals surface area contributed by atoms with Crippen LogP contribution in [0.1, 0.15) is 213 Å². The van der Waals surface area contributed by atoms with Crippen LogP contribution in [0, 0.1) is 0 Å². The predicted octanol–water partition coefficient (Wildman–Crippen LogP) is 13.4. The molecule has 1 atom stereocenters. The van der Waals surface area contributed by atoms with E-state index in [9.17, 15) is 14.2 Å². The third-order valence-corrected chi connectivity index (χ3v) is 9.91. The minimum atomic E-state index is -4.76. The summed E-state index contributed by atoms with van der Waals surface area (Å²) < 4.78 is 26.4. The second kappa shape index (κ2) is 39.9. The number of rotatable bonds is 40. The normalized spacial score (nSPS) is 12.8. The highest BCUT2D eigenvalue weighted by Crippen LogP contribution is 2.36. The van der Waals surface area contributed by atoms with Gasteiger partial charge in [0.2, 0.25) is 0 Å². The van der Waals surface area contributed by atoms with E-state index in [0.717, 1.165) is 70.6 Å². The van der Waals surface area contributed by atoms with Crippen molar-refractivity contribution in [2.24, 2.45) is 0 Å². The Bertz CT molecular complexity index is 957. The molecule has 0 aliphatic carbocycles. The number of carbonyl (C=O) groups is 2. The van der Waals surface area contributed by atoms with E-state index in [1.807, 2.05) is 0 Å². The van der Waals surface area contributed by atoms with Crippen LogP contribution in [0.2, 0.25) is 0 Å². The molecule has 0 heterocycles. The van der Waals surface area contributed by atoms with Gasteiger partial charge in [-0.1, -0.05) is 192 Å². The number of hydrogen-bond acceptors (Lipinski definition) is 6. The first-order chi connectivity index (χ1) is 25.8. The van der Waals surface area contributed by atoms with E-state index in [1.165, 1.54) is 109 Å². The zero-order valence-corrected chi connectivity index (χ0v) is 35.1. The van der Waals surface area contributed by atoms with Gasteiger partial charge in [0, 0.05) is 12.8 Å². The Balaban J connectivity index is 3.87. The van der Waals surface area contributed by atoms with Crippen molar-refractivity contribution in [3.05, 3.63) is 36.5 Å². The predicted molar refractivity (Wildman–Crippen MR) is 221 cm³/mol. The van der Waals surface area contributed by atoms with Crippen molar-refractivity contribution in [3.8, 4) is 0 Å². The summed E-state index contributed by atoms with van der Waals surface area (Å²) in [6, 6.07) is 0. The molecule has 0 fully saturated rings. The van der Waals surface area contributed by atoms with Crippen LogP contribution < -0.4 is 0 Å². The Morgan fingerprint density at radius 2 is 0.906 bits per heavy atom. The van der Waals surface area contributed by atoms with Crippen LogP contribution in [0.4, 0.5) is 0 Å². The summed E-state index contributed by atoms with van der Waals surface area (Å²) in [5, 5.41) is 0. The fraction of sp³-hybridized carbons (Fsp3) is 0.818. The molecule has 2 N–H and O–H groups in total. The average Bonchev–Trinajstić information content (AvgIpc) is 3.13. The lowest BCUT2D eigenvalue weighted by Crippen LogP contribution is -2.29. The molecule has 0 aromatic rings. The summed E-state index contributed by atoms with van der Waals surface area (Å²) in [4.78, 5) is 42.9. The summed E-state index contributed by atoms with van der Waals surface area (Å²) in [6.45, 7) is 3.58. The lowest BCUT2D eigenvalue weighted by Gasteiger charge is -2.18. The van der Waals surface area contributed by atoms with Gasteiger partial charge in [0.05, 0.1) is 6.61 Å². The van der Waals surface area contributed by atoms with Crippen LogP contribution in [0.15, 0.2) is 36.5 Å². The van der Waals surface area contributed by atoms with Crippen molar-refractivity contribution in [1.82, 2.24) is 0 Å². The third-order valence-electron chi connectivity index (χ3n) is 9.42. The largest absolute Gasteiger partial charge is 0.469 e. The molecular formula is C44H81O8P. The van der Waals surface area contributed by atoms with E-state index in [-0.39, 0.29) is 19.4 Å². The number of esters is 2. The van der Waals surface area contributed by atoms with Crippen LogP contribution in [0.25, 0.3) is 0 Å². The SMILES string of the molecule is CC/C=C\C/C=C\C/C=C\CCCCCCCC(=O)OC(COC(=O)CCCCCCCCCCCCCCCCCCCCCC)COP(=O)(O)O. The molecule has 0 saturated carbocycles. The van der Waals surface area contributed by atoms with E-state index < -0.39 is 32.5 Å². The van der Waals surface area contributed by atoms with Gasteiger partial charge in [0.1, 0.15) is 6.61 Å². The van der Waals surface area contributed by atoms with Gasteiger partial charge >= 0.3 is 19.8 Å². The van der Waals surface area contributed by atoms with E-state index >= 15 is 0 Å². The van der Waals surface area contributed by atoms with Crippen molar-refractivity contribution in [2.45, 2.75) is 219 Å². The summed E-state index contributed by atoms with van der Waals surface area (Å²) >= 11 is 0. The maximum Gasteiger partial charge on any atom is 0.469 e. The van der Waals surface area contributed by atoms with Crippen molar-refractivity contribution >= 4 is 19.8 Å². The van der Waals surface area contributed by atoms with E-state index in [4.69, 9.17) is 19.3 Å². The van der Waals surface area contributed by atoms with Crippen molar-refractivity contribution in [3.63, 3.8) is 0 Å². The third kappa shape index (κ3) is 42.9. The minimum Gasteiger partial charge on any atom is -0.462 e. The van der Waals surface area contributed by atoms with Crippen molar-refractivity contribution < 1.29 is 37.9 Å².